The predicted octanol–water partition coefficient (Wildman–Crippen LogP) is 1.89. The fourth-order valence-electron chi connectivity index (χ4n) is 1.99. The van der Waals surface area contributed by atoms with Crippen LogP contribution >= 0.6 is 0 Å². The van der Waals surface area contributed by atoms with Crippen molar-refractivity contribution in [3.63, 3.8) is 0 Å². The fourth-order valence-corrected chi connectivity index (χ4v) is 1.99. The van der Waals surface area contributed by atoms with E-state index in [1.54, 1.807) is 11.8 Å². The molecule has 3 rings (SSSR count). The quantitative estimate of drug-likeness (QED) is 0.775. The first kappa shape index (κ1) is 11.7. The smallest absolute Gasteiger partial charge is 0.121 e. The van der Waals surface area contributed by atoms with Crippen molar-refractivity contribution in [2.24, 2.45) is 5.73 Å². The van der Waals surface area contributed by atoms with E-state index in [0.717, 1.165) is 28.0 Å². The molecule has 2 N–H and O–H groups in total. The molecule has 0 bridgehead atoms. The summed E-state index contributed by atoms with van der Waals surface area (Å²) < 4.78 is 7.02. The molecular weight excluding hydrogens is 240 g/mol. The van der Waals surface area contributed by atoms with Gasteiger partial charge in [-0.25, -0.2) is 4.68 Å². The first-order chi connectivity index (χ1) is 9.31. The van der Waals surface area contributed by atoms with E-state index in [4.69, 9.17) is 10.5 Å². The molecule has 0 aliphatic rings. The van der Waals surface area contributed by atoms with E-state index >= 15 is 0 Å². The van der Waals surface area contributed by atoms with Crippen molar-refractivity contribution in [2.75, 3.05) is 7.11 Å². The minimum atomic E-state index is 0.534. The number of fused-ring (bicyclic) bond motifs is 1. The normalized spacial score (nSPS) is 10.8. The highest BCUT2D eigenvalue weighted by atomic mass is 16.5. The Kier molecular flexibility index (Phi) is 2.89. The van der Waals surface area contributed by atoms with Crippen molar-refractivity contribution in [1.29, 1.82) is 0 Å². The number of ether oxygens (including phenoxy) is 1. The molecule has 0 saturated carbocycles. The van der Waals surface area contributed by atoms with Gasteiger partial charge in [0.15, 0.2) is 0 Å². The lowest BCUT2D eigenvalue weighted by Crippen LogP contribution is -1.99. The molecule has 5 nitrogen and oxygen atoms in total. The number of benzene rings is 2. The second-order valence-corrected chi connectivity index (χ2v) is 4.23. The van der Waals surface area contributed by atoms with Crippen molar-refractivity contribution in [3.05, 3.63) is 48.0 Å². The van der Waals surface area contributed by atoms with Crippen molar-refractivity contribution in [2.45, 2.75) is 6.54 Å². The molecule has 0 saturated heterocycles. The summed E-state index contributed by atoms with van der Waals surface area (Å²) in [6.07, 6.45) is 0. The number of rotatable bonds is 3. The lowest BCUT2D eigenvalue weighted by atomic mass is 10.2. The summed E-state index contributed by atoms with van der Waals surface area (Å²) in [5, 5.41) is 8.32. The molecule has 5 heteroatoms. The zero-order chi connectivity index (χ0) is 13.2. The average molecular weight is 254 g/mol. The summed E-state index contributed by atoms with van der Waals surface area (Å²) in [5.74, 6) is 0.787. The van der Waals surface area contributed by atoms with Crippen molar-refractivity contribution >= 4 is 11.0 Å². The fraction of sp³-hybridized carbons (Fsp3) is 0.143. The molecule has 2 aromatic carbocycles. The number of hydrogen-bond donors (Lipinski definition) is 1. The molecule has 0 amide bonds. The molecule has 0 aliphatic carbocycles. The van der Waals surface area contributed by atoms with Crippen molar-refractivity contribution in [1.82, 2.24) is 15.0 Å². The molecule has 3 aromatic rings. The maximum atomic E-state index is 5.60. The molecule has 1 aromatic heterocycles. The van der Waals surface area contributed by atoms with E-state index in [0.29, 0.717) is 6.54 Å². The monoisotopic (exact) mass is 254 g/mol. The Hall–Kier alpha value is -2.40. The first-order valence-electron chi connectivity index (χ1n) is 6.00. The second-order valence-electron chi connectivity index (χ2n) is 4.23. The van der Waals surface area contributed by atoms with Crippen LogP contribution in [0.5, 0.6) is 5.75 Å². The number of hydrogen-bond acceptors (Lipinski definition) is 4. The van der Waals surface area contributed by atoms with Crippen molar-refractivity contribution in [3.8, 4) is 11.4 Å². The van der Waals surface area contributed by atoms with Crippen LogP contribution in [-0.4, -0.2) is 22.1 Å². The van der Waals surface area contributed by atoms with E-state index in [9.17, 15) is 0 Å². The highest BCUT2D eigenvalue weighted by Crippen LogP contribution is 2.21. The standard InChI is InChI=1S/C14H14N4O/c1-19-12-6-7-13-14(8-12)18(17-16-13)11-4-2-10(9-15)3-5-11/h2-8H,9,15H2,1H3. The van der Waals surface area contributed by atoms with Crippen molar-refractivity contribution < 1.29 is 4.74 Å². The Morgan fingerprint density at radius 2 is 1.95 bits per heavy atom. The molecule has 0 atom stereocenters. The summed E-state index contributed by atoms with van der Waals surface area (Å²) in [6, 6.07) is 13.6. The predicted molar refractivity (Wildman–Crippen MR) is 73.3 cm³/mol. The molecule has 19 heavy (non-hydrogen) atoms. The number of aromatic nitrogens is 3. The van der Waals surface area contributed by atoms with Gasteiger partial charge in [-0.1, -0.05) is 17.3 Å². The lowest BCUT2D eigenvalue weighted by Gasteiger charge is -2.04. The molecule has 0 fully saturated rings. The summed E-state index contributed by atoms with van der Waals surface area (Å²) >= 11 is 0. The SMILES string of the molecule is COc1ccc2nnn(-c3ccc(CN)cc3)c2c1. The van der Waals surface area contributed by atoms with E-state index in [1.165, 1.54) is 0 Å². The van der Waals surface area contributed by atoms with E-state index in [-0.39, 0.29) is 0 Å². The Bertz CT molecular complexity index is 703. The summed E-state index contributed by atoms with van der Waals surface area (Å²) in [7, 11) is 1.64. The van der Waals surface area contributed by atoms with Crippen LogP contribution in [0.25, 0.3) is 16.7 Å². The summed E-state index contributed by atoms with van der Waals surface area (Å²) in [6.45, 7) is 0.534. The zero-order valence-electron chi connectivity index (χ0n) is 10.6. The van der Waals surface area contributed by atoms with Gasteiger partial charge in [0.25, 0.3) is 0 Å². The van der Waals surface area contributed by atoms with Crippen LogP contribution in [-0.2, 0) is 6.54 Å². The largest absolute Gasteiger partial charge is 0.497 e. The Morgan fingerprint density at radius 1 is 1.16 bits per heavy atom. The van der Waals surface area contributed by atoms with Gasteiger partial charge in [-0.2, -0.15) is 0 Å². The van der Waals surface area contributed by atoms with Crippen LogP contribution in [0, 0.1) is 0 Å². The lowest BCUT2D eigenvalue weighted by molar-refractivity contribution is 0.415. The maximum Gasteiger partial charge on any atom is 0.121 e. The maximum absolute atomic E-state index is 5.60. The van der Waals surface area contributed by atoms with Gasteiger partial charge in [0.2, 0.25) is 0 Å². The van der Waals surface area contributed by atoms with Gasteiger partial charge in [-0.15, -0.1) is 5.10 Å². The van der Waals surface area contributed by atoms with Gasteiger partial charge in [0, 0.05) is 12.6 Å². The minimum Gasteiger partial charge on any atom is -0.497 e. The van der Waals surface area contributed by atoms with E-state index < -0.39 is 0 Å². The van der Waals surface area contributed by atoms with Crippen LogP contribution in [0.4, 0.5) is 0 Å². The molecule has 0 radical (unpaired) electrons. The van der Waals surface area contributed by atoms with Gasteiger partial charge in [-0.3, -0.25) is 0 Å². The van der Waals surface area contributed by atoms with E-state index in [2.05, 4.69) is 10.3 Å². The topological polar surface area (TPSA) is 66.0 Å². The number of methoxy groups -OCH3 is 1. The second kappa shape index (κ2) is 4.70. The Labute approximate surface area is 110 Å². The van der Waals surface area contributed by atoms with Crippen LogP contribution < -0.4 is 10.5 Å². The molecule has 0 spiro atoms. The van der Waals surface area contributed by atoms with Gasteiger partial charge < -0.3 is 10.5 Å². The van der Waals surface area contributed by atoms with E-state index in [1.807, 2.05) is 42.5 Å². The molecule has 1 heterocycles. The third kappa shape index (κ3) is 2.04. The van der Waals surface area contributed by atoms with Crippen LogP contribution in [0.3, 0.4) is 0 Å². The van der Waals surface area contributed by atoms with Gasteiger partial charge in [-0.05, 0) is 29.8 Å². The minimum absolute atomic E-state index is 0.534. The van der Waals surface area contributed by atoms with Gasteiger partial charge >= 0.3 is 0 Å². The third-order valence-corrected chi connectivity index (χ3v) is 3.07. The summed E-state index contributed by atoms with van der Waals surface area (Å²) in [5.41, 5.74) is 9.39. The third-order valence-electron chi connectivity index (χ3n) is 3.07. The molecule has 0 unspecified atom stereocenters. The average Bonchev–Trinajstić information content (AvgIpc) is 2.90. The molecule has 96 valence electrons. The van der Waals surface area contributed by atoms with Crippen LogP contribution in [0.2, 0.25) is 0 Å². The van der Waals surface area contributed by atoms with Gasteiger partial charge in [0.1, 0.15) is 11.3 Å². The molecule has 0 aliphatic heterocycles. The van der Waals surface area contributed by atoms with Crippen LogP contribution in [0.15, 0.2) is 42.5 Å². The first-order valence-corrected chi connectivity index (χ1v) is 6.00. The van der Waals surface area contributed by atoms with Gasteiger partial charge in [0.05, 0.1) is 18.3 Å². The Balaban J connectivity index is 2.12. The number of nitrogens with zero attached hydrogens (tertiary/aromatic N) is 3. The zero-order valence-corrected chi connectivity index (χ0v) is 10.6. The Morgan fingerprint density at radius 3 is 2.63 bits per heavy atom. The highest BCUT2D eigenvalue weighted by Gasteiger charge is 2.07. The number of nitrogens with two attached hydrogens (primary N) is 1. The summed E-state index contributed by atoms with van der Waals surface area (Å²) in [4.78, 5) is 0. The van der Waals surface area contributed by atoms with Crippen LogP contribution in [0.1, 0.15) is 5.56 Å². The highest BCUT2D eigenvalue weighted by molar-refractivity contribution is 5.77. The molecular formula is C14H14N4O.